The molecule has 0 aliphatic heterocycles. The number of hydrogen-bond acceptors (Lipinski definition) is 4. The van der Waals surface area contributed by atoms with E-state index in [1.165, 1.54) is 0 Å². The maximum atomic E-state index is 9.57. The number of methoxy groups -OCH3 is 2. The third-order valence-corrected chi connectivity index (χ3v) is 4.37. The lowest BCUT2D eigenvalue weighted by Crippen LogP contribution is -1.93. The molecule has 0 fully saturated rings. The summed E-state index contributed by atoms with van der Waals surface area (Å²) in [5.74, 6) is 1.73. The summed E-state index contributed by atoms with van der Waals surface area (Å²) in [4.78, 5) is 7.71. The van der Waals surface area contributed by atoms with Gasteiger partial charge in [0, 0.05) is 0 Å². The number of benzene rings is 2. The summed E-state index contributed by atoms with van der Waals surface area (Å²) in [5.41, 5.74) is 4.11. The molecule has 6 heteroatoms. The van der Waals surface area contributed by atoms with Gasteiger partial charge in [-0.3, -0.25) is 0 Å². The largest absolute Gasteiger partial charge is 0.493 e. The molecule has 0 bridgehead atoms. The maximum absolute atomic E-state index is 9.57. The number of halogens is 1. The van der Waals surface area contributed by atoms with Crippen LogP contribution in [-0.4, -0.2) is 24.2 Å². The molecular weight excluding hydrogens is 382 g/mol. The van der Waals surface area contributed by atoms with Crippen LogP contribution < -0.4 is 9.47 Å². The lowest BCUT2D eigenvalue weighted by molar-refractivity contribution is 0.353. The molecule has 1 N–H and O–H groups in total. The van der Waals surface area contributed by atoms with Crippen molar-refractivity contribution in [2.24, 2.45) is 0 Å². The Bertz CT molecular complexity index is 1020. The zero-order valence-electron chi connectivity index (χ0n) is 14.1. The highest BCUT2D eigenvalue weighted by molar-refractivity contribution is 9.10. The minimum atomic E-state index is 0.438. The van der Waals surface area contributed by atoms with Crippen molar-refractivity contribution in [1.29, 1.82) is 5.26 Å². The molecule has 0 radical (unpaired) electrons. The van der Waals surface area contributed by atoms with Crippen molar-refractivity contribution in [1.82, 2.24) is 9.97 Å². The second kappa shape index (κ2) is 6.99. The van der Waals surface area contributed by atoms with Crippen LogP contribution in [0.4, 0.5) is 0 Å². The Hall–Kier alpha value is -2.78. The predicted molar refractivity (Wildman–Crippen MR) is 102 cm³/mol. The summed E-state index contributed by atoms with van der Waals surface area (Å²) in [6.45, 7) is 2.02. The first-order valence-electron chi connectivity index (χ1n) is 7.55. The highest BCUT2D eigenvalue weighted by Crippen LogP contribution is 2.37. The first kappa shape index (κ1) is 17.1. The number of fused-ring (bicyclic) bond motifs is 1. The van der Waals surface area contributed by atoms with E-state index in [-0.39, 0.29) is 0 Å². The summed E-state index contributed by atoms with van der Waals surface area (Å²) >= 11 is 3.46. The van der Waals surface area contributed by atoms with E-state index in [2.05, 4.69) is 32.0 Å². The summed E-state index contributed by atoms with van der Waals surface area (Å²) < 4.78 is 11.4. The van der Waals surface area contributed by atoms with Crippen molar-refractivity contribution in [2.45, 2.75) is 6.92 Å². The Kier molecular flexibility index (Phi) is 4.77. The van der Waals surface area contributed by atoms with Gasteiger partial charge in [-0.25, -0.2) is 4.98 Å². The number of allylic oxidation sites excluding steroid dienone is 1. The van der Waals surface area contributed by atoms with E-state index in [4.69, 9.17) is 9.47 Å². The van der Waals surface area contributed by atoms with Crippen LogP contribution in [0, 0.1) is 18.3 Å². The maximum Gasteiger partial charge on any atom is 0.174 e. The van der Waals surface area contributed by atoms with Crippen molar-refractivity contribution in [3.8, 4) is 17.6 Å². The third-order valence-electron chi connectivity index (χ3n) is 3.78. The van der Waals surface area contributed by atoms with Gasteiger partial charge in [0.1, 0.15) is 11.9 Å². The molecule has 3 aromatic rings. The van der Waals surface area contributed by atoms with Gasteiger partial charge < -0.3 is 14.5 Å². The zero-order valence-corrected chi connectivity index (χ0v) is 15.6. The fourth-order valence-corrected chi connectivity index (χ4v) is 3.21. The van der Waals surface area contributed by atoms with E-state index in [1.54, 1.807) is 20.3 Å². The predicted octanol–water partition coefficient (Wildman–Crippen LogP) is 4.72. The van der Waals surface area contributed by atoms with Gasteiger partial charge >= 0.3 is 0 Å². The molecule has 0 atom stereocenters. The first-order chi connectivity index (χ1) is 12.0. The number of H-pyrrole nitrogens is 1. The normalized spacial score (nSPS) is 11.4. The molecule has 0 unspecified atom stereocenters. The SMILES string of the molecule is COc1cc(C=C(C#N)c2nc3ccc(C)cc3[nH]2)cc(Br)c1OC. The van der Waals surface area contributed by atoms with E-state index >= 15 is 0 Å². The van der Waals surface area contributed by atoms with Crippen LogP contribution in [0.1, 0.15) is 17.0 Å². The lowest BCUT2D eigenvalue weighted by atomic mass is 10.1. The Morgan fingerprint density at radius 1 is 1.24 bits per heavy atom. The standard InChI is InChI=1S/C19H16BrN3O2/c1-11-4-5-15-16(6-11)23-19(22-15)13(10-21)7-12-8-14(20)18(25-3)17(9-12)24-2/h4-9H,1-3H3,(H,22,23). The molecule has 0 amide bonds. The van der Waals surface area contributed by atoms with E-state index in [9.17, 15) is 5.26 Å². The molecule has 0 aliphatic rings. The smallest absolute Gasteiger partial charge is 0.174 e. The third kappa shape index (κ3) is 3.37. The summed E-state index contributed by atoms with van der Waals surface area (Å²) in [5, 5.41) is 9.57. The summed E-state index contributed by atoms with van der Waals surface area (Å²) in [6.07, 6.45) is 1.76. The number of nitrogens with one attached hydrogen (secondary N) is 1. The van der Waals surface area contributed by atoms with Gasteiger partial charge in [-0.15, -0.1) is 0 Å². The number of nitrogens with zero attached hydrogens (tertiary/aromatic N) is 2. The summed E-state index contributed by atoms with van der Waals surface area (Å²) in [7, 11) is 3.15. The molecular formula is C19H16BrN3O2. The average molecular weight is 398 g/mol. The molecule has 0 aliphatic carbocycles. The Morgan fingerprint density at radius 2 is 2.04 bits per heavy atom. The first-order valence-corrected chi connectivity index (χ1v) is 8.35. The minimum Gasteiger partial charge on any atom is -0.493 e. The second-order valence-electron chi connectivity index (χ2n) is 5.51. The van der Waals surface area contributed by atoms with Gasteiger partial charge in [0.15, 0.2) is 11.5 Å². The van der Waals surface area contributed by atoms with E-state index in [0.717, 1.165) is 26.6 Å². The number of aromatic amines is 1. The number of aromatic nitrogens is 2. The molecule has 0 saturated carbocycles. The van der Waals surface area contributed by atoms with Gasteiger partial charge in [-0.1, -0.05) is 6.07 Å². The van der Waals surface area contributed by atoms with Crippen molar-refractivity contribution >= 4 is 38.6 Å². The van der Waals surface area contributed by atoms with Crippen LogP contribution in [0.15, 0.2) is 34.8 Å². The second-order valence-corrected chi connectivity index (χ2v) is 6.37. The lowest BCUT2D eigenvalue weighted by Gasteiger charge is -2.10. The van der Waals surface area contributed by atoms with Crippen molar-refractivity contribution in [3.63, 3.8) is 0 Å². The van der Waals surface area contributed by atoms with E-state index in [0.29, 0.717) is 22.9 Å². The molecule has 0 saturated heterocycles. The molecule has 1 heterocycles. The van der Waals surface area contributed by atoms with Crippen molar-refractivity contribution < 1.29 is 9.47 Å². The number of ether oxygens (including phenoxy) is 2. The molecule has 1 aromatic heterocycles. The molecule has 0 spiro atoms. The van der Waals surface area contributed by atoms with E-state index in [1.807, 2.05) is 37.3 Å². The monoisotopic (exact) mass is 397 g/mol. The van der Waals surface area contributed by atoms with Crippen LogP contribution in [0.2, 0.25) is 0 Å². The minimum absolute atomic E-state index is 0.438. The molecule has 2 aromatic carbocycles. The average Bonchev–Trinajstić information content (AvgIpc) is 3.01. The Balaban J connectivity index is 2.08. The van der Waals surface area contributed by atoms with Gasteiger partial charge in [0.25, 0.3) is 0 Å². The molecule has 126 valence electrons. The number of nitriles is 1. The van der Waals surface area contributed by atoms with Gasteiger partial charge in [0.2, 0.25) is 0 Å². The van der Waals surface area contributed by atoms with Crippen LogP contribution in [0.3, 0.4) is 0 Å². The number of imidazole rings is 1. The number of aryl methyl sites for hydroxylation is 1. The van der Waals surface area contributed by atoms with Crippen LogP contribution in [0.25, 0.3) is 22.7 Å². The highest BCUT2D eigenvalue weighted by atomic mass is 79.9. The molecule has 3 rings (SSSR count). The quantitative estimate of drug-likeness (QED) is 0.646. The van der Waals surface area contributed by atoms with E-state index < -0.39 is 0 Å². The Morgan fingerprint density at radius 3 is 2.72 bits per heavy atom. The van der Waals surface area contributed by atoms with Crippen LogP contribution >= 0.6 is 15.9 Å². The fraction of sp³-hybridized carbons (Fsp3) is 0.158. The topological polar surface area (TPSA) is 70.9 Å². The van der Waals surface area contributed by atoms with Crippen LogP contribution in [-0.2, 0) is 0 Å². The molecule has 5 nitrogen and oxygen atoms in total. The van der Waals surface area contributed by atoms with Gasteiger partial charge in [-0.05, 0) is 64.3 Å². The zero-order chi connectivity index (χ0) is 18.0. The highest BCUT2D eigenvalue weighted by Gasteiger charge is 2.12. The Labute approximate surface area is 154 Å². The summed E-state index contributed by atoms with van der Waals surface area (Å²) in [6, 6.07) is 11.8. The van der Waals surface area contributed by atoms with Gasteiger partial charge in [-0.2, -0.15) is 5.26 Å². The number of rotatable bonds is 4. The van der Waals surface area contributed by atoms with Crippen molar-refractivity contribution in [2.75, 3.05) is 14.2 Å². The van der Waals surface area contributed by atoms with Gasteiger partial charge in [0.05, 0.1) is 35.3 Å². The van der Waals surface area contributed by atoms with Crippen LogP contribution in [0.5, 0.6) is 11.5 Å². The number of hydrogen-bond donors (Lipinski definition) is 1. The fourth-order valence-electron chi connectivity index (χ4n) is 2.59. The van der Waals surface area contributed by atoms with Crippen molar-refractivity contribution in [3.05, 3.63) is 51.8 Å². The molecule has 25 heavy (non-hydrogen) atoms.